The Morgan fingerprint density at radius 1 is 0.708 bits per heavy atom. The summed E-state index contributed by atoms with van der Waals surface area (Å²) < 4.78 is 113. The highest BCUT2D eigenvalue weighted by Crippen LogP contribution is 2.54. The van der Waals surface area contributed by atoms with Gasteiger partial charge >= 0.3 is 23.7 Å². The van der Waals surface area contributed by atoms with Crippen molar-refractivity contribution in [1.29, 1.82) is 0 Å². The molecule has 10 heteroatoms. The third-order valence-corrected chi connectivity index (χ3v) is 5.20. The quantitative estimate of drug-likeness (QED) is 0.232. The van der Waals surface area contributed by atoms with E-state index in [9.17, 15) is 35.1 Å². The number of rotatable bonds is 13. The van der Waals surface area contributed by atoms with Gasteiger partial charge in [-0.15, -0.1) is 0 Å². The molecule has 0 bridgehead atoms. The van der Waals surface area contributed by atoms with E-state index >= 15 is 0 Å². The van der Waals surface area contributed by atoms with Crippen molar-refractivity contribution in [3.8, 4) is 0 Å². The van der Waals surface area contributed by atoms with Gasteiger partial charge in [-0.3, -0.25) is 0 Å². The van der Waals surface area contributed by atoms with Gasteiger partial charge in [0.15, 0.2) is 9.76 Å². The molecule has 0 unspecified atom stereocenters. The van der Waals surface area contributed by atoms with Crippen LogP contribution in [0.1, 0.15) is 52.4 Å². The van der Waals surface area contributed by atoms with Crippen LogP contribution in [0.2, 0.25) is 6.04 Å². The molecule has 0 aliphatic carbocycles. The van der Waals surface area contributed by atoms with Crippen LogP contribution in [0, 0.1) is 0 Å². The van der Waals surface area contributed by atoms with Crippen LogP contribution < -0.4 is 0 Å². The first-order chi connectivity index (χ1) is 10.9. The second kappa shape index (κ2) is 9.35. The molecule has 0 aromatic heterocycles. The maximum absolute atomic E-state index is 13.6. The lowest BCUT2D eigenvalue weighted by Crippen LogP contribution is -2.62. The van der Waals surface area contributed by atoms with E-state index in [1.165, 1.54) is 6.92 Å². The van der Waals surface area contributed by atoms with Crippen LogP contribution in [-0.4, -0.2) is 40.1 Å². The summed E-state index contributed by atoms with van der Waals surface area (Å²) in [6.07, 6.45) is 0.123. The fourth-order valence-corrected chi connectivity index (χ4v) is 3.07. The van der Waals surface area contributed by atoms with Crippen LogP contribution in [-0.2, 0) is 4.43 Å². The summed E-state index contributed by atoms with van der Waals surface area (Å²) in [5.41, 5.74) is 0. The zero-order valence-corrected chi connectivity index (χ0v) is 15.2. The van der Waals surface area contributed by atoms with Gasteiger partial charge in [0.2, 0.25) is 0 Å². The SMILES string of the molecule is CCCCCCCC(F)(F)C(F)(F)C(F)(F)C(F)(F)C[SiH2]OCC. The van der Waals surface area contributed by atoms with Gasteiger partial charge in [-0.2, -0.15) is 35.1 Å². The monoisotopic (exact) mass is 388 g/mol. The third-order valence-electron chi connectivity index (χ3n) is 3.67. The van der Waals surface area contributed by atoms with E-state index in [4.69, 9.17) is 0 Å². The number of hydrogen-bond donors (Lipinski definition) is 0. The molecule has 24 heavy (non-hydrogen) atoms. The van der Waals surface area contributed by atoms with Gasteiger partial charge in [-0.05, 0) is 13.3 Å². The molecule has 0 radical (unpaired) electrons. The number of unbranched alkanes of at least 4 members (excludes halogenated alkanes) is 4. The molecule has 0 aliphatic rings. The number of hydrogen-bond acceptors (Lipinski definition) is 1. The van der Waals surface area contributed by atoms with Gasteiger partial charge in [0.05, 0.1) is 0 Å². The summed E-state index contributed by atoms with van der Waals surface area (Å²) in [6.45, 7) is 3.24. The maximum Gasteiger partial charge on any atom is 0.378 e. The highest BCUT2D eigenvalue weighted by atomic mass is 28.2. The average molecular weight is 388 g/mol. The van der Waals surface area contributed by atoms with Gasteiger partial charge in [0.1, 0.15) is 0 Å². The van der Waals surface area contributed by atoms with Crippen molar-refractivity contribution < 1.29 is 39.5 Å². The average Bonchev–Trinajstić information content (AvgIpc) is 2.46. The second-order valence-electron chi connectivity index (χ2n) is 5.67. The Bertz CT molecular complexity index is 363. The van der Waals surface area contributed by atoms with E-state index in [-0.39, 0.29) is 13.0 Å². The number of halogens is 8. The highest BCUT2D eigenvalue weighted by Gasteiger charge is 2.79. The molecule has 146 valence electrons. The normalized spacial score (nSPS) is 14.8. The maximum atomic E-state index is 13.6. The van der Waals surface area contributed by atoms with Crippen molar-refractivity contribution >= 4 is 9.76 Å². The molecular formula is C14H24F8OSi. The van der Waals surface area contributed by atoms with E-state index in [0.717, 1.165) is 6.42 Å². The lowest BCUT2D eigenvalue weighted by molar-refractivity contribution is -0.363. The Morgan fingerprint density at radius 3 is 1.71 bits per heavy atom. The van der Waals surface area contributed by atoms with Crippen molar-refractivity contribution in [3.63, 3.8) is 0 Å². The molecule has 1 nitrogen and oxygen atoms in total. The first-order valence-corrected chi connectivity index (χ1v) is 9.54. The Kier molecular flexibility index (Phi) is 9.20. The van der Waals surface area contributed by atoms with Crippen molar-refractivity contribution in [2.75, 3.05) is 6.61 Å². The Labute approximate surface area is 139 Å². The molecule has 0 amide bonds. The second-order valence-corrected chi connectivity index (χ2v) is 6.99. The summed E-state index contributed by atoms with van der Waals surface area (Å²) >= 11 is 0. The topological polar surface area (TPSA) is 9.23 Å². The summed E-state index contributed by atoms with van der Waals surface area (Å²) in [5, 5.41) is 0. The fraction of sp³-hybridized carbons (Fsp3) is 1.00. The van der Waals surface area contributed by atoms with E-state index in [1.54, 1.807) is 0 Å². The molecule has 0 N–H and O–H groups in total. The van der Waals surface area contributed by atoms with E-state index in [2.05, 4.69) is 4.43 Å². The smallest absolute Gasteiger partial charge is 0.378 e. The first kappa shape index (κ1) is 23.6. The lowest BCUT2D eigenvalue weighted by Gasteiger charge is -2.36. The predicted molar refractivity (Wildman–Crippen MR) is 78.1 cm³/mol. The molecule has 0 fully saturated rings. The number of alkyl halides is 8. The van der Waals surface area contributed by atoms with Gasteiger partial charge in [0, 0.05) is 19.1 Å². The zero-order valence-electron chi connectivity index (χ0n) is 13.8. The molecule has 0 aromatic rings. The lowest BCUT2D eigenvalue weighted by atomic mass is 9.95. The first-order valence-electron chi connectivity index (χ1n) is 7.96. The third kappa shape index (κ3) is 5.57. The standard InChI is InChI=1S/C14H24F8OSi/c1-3-5-6-7-8-9-11(15,16)13(19,20)14(21,22)12(17,18)10-24-23-4-2/h3-10,24H2,1-2H3. The van der Waals surface area contributed by atoms with Crippen molar-refractivity contribution in [3.05, 3.63) is 0 Å². The largest absolute Gasteiger partial charge is 0.424 e. The fourth-order valence-electron chi connectivity index (χ4n) is 2.07. The molecule has 0 atom stereocenters. The van der Waals surface area contributed by atoms with Crippen molar-refractivity contribution in [2.24, 2.45) is 0 Å². The molecule has 0 rings (SSSR count). The molecule has 0 saturated heterocycles. The molecule has 0 heterocycles. The van der Waals surface area contributed by atoms with Gasteiger partial charge in [-0.1, -0.05) is 32.6 Å². The summed E-state index contributed by atoms with van der Waals surface area (Å²) in [6, 6.07) is -1.63. The molecule has 0 spiro atoms. The summed E-state index contributed by atoms with van der Waals surface area (Å²) in [7, 11) is -2.21. The zero-order chi connectivity index (χ0) is 19.1. The van der Waals surface area contributed by atoms with Crippen LogP contribution in [0.5, 0.6) is 0 Å². The minimum absolute atomic E-state index is 0.0296. The van der Waals surface area contributed by atoms with Crippen LogP contribution in [0.3, 0.4) is 0 Å². The van der Waals surface area contributed by atoms with E-state index < -0.39 is 52.3 Å². The molecule has 0 aliphatic heterocycles. The van der Waals surface area contributed by atoms with Crippen molar-refractivity contribution in [2.45, 2.75) is 82.1 Å². The Balaban J connectivity index is 5.00. The van der Waals surface area contributed by atoms with Gasteiger partial charge in [0.25, 0.3) is 0 Å². The minimum atomic E-state index is -6.14. The Hall–Kier alpha value is -0.383. The highest BCUT2D eigenvalue weighted by molar-refractivity contribution is 6.27. The van der Waals surface area contributed by atoms with Crippen LogP contribution in [0.25, 0.3) is 0 Å². The van der Waals surface area contributed by atoms with Crippen LogP contribution in [0.4, 0.5) is 35.1 Å². The van der Waals surface area contributed by atoms with Crippen molar-refractivity contribution in [1.82, 2.24) is 0 Å². The van der Waals surface area contributed by atoms with Gasteiger partial charge in [-0.25, -0.2) is 0 Å². The van der Waals surface area contributed by atoms with E-state index in [0.29, 0.717) is 12.8 Å². The summed E-state index contributed by atoms with van der Waals surface area (Å²) in [5.74, 6) is -22.7. The van der Waals surface area contributed by atoms with Crippen LogP contribution >= 0.6 is 0 Å². The van der Waals surface area contributed by atoms with Crippen LogP contribution in [0.15, 0.2) is 0 Å². The molecule has 0 aromatic carbocycles. The molecular weight excluding hydrogens is 364 g/mol. The summed E-state index contributed by atoms with van der Waals surface area (Å²) in [4.78, 5) is 0. The molecule has 0 saturated carbocycles. The Morgan fingerprint density at radius 2 is 1.21 bits per heavy atom. The predicted octanol–water partition coefficient (Wildman–Crippen LogP) is 5.43. The van der Waals surface area contributed by atoms with E-state index in [1.807, 2.05) is 6.92 Å². The minimum Gasteiger partial charge on any atom is -0.424 e. The van der Waals surface area contributed by atoms with Gasteiger partial charge < -0.3 is 4.43 Å².